The van der Waals surface area contributed by atoms with Crippen LogP contribution in [0.3, 0.4) is 0 Å². The maximum absolute atomic E-state index is 2.62. The van der Waals surface area contributed by atoms with Crippen LogP contribution in [0.2, 0.25) is 0 Å². The van der Waals surface area contributed by atoms with Crippen LogP contribution in [-0.4, -0.2) is 8.80 Å². The predicted molar refractivity (Wildman–Crippen MR) is 290 cm³/mol. The zero-order valence-corrected chi connectivity index (χ0v) is 39.4. The highest BCUT2D eigenvalue weighted by Gasteiger charge is 2.27. The number of benzene rings is 9. The summed E-state index contributed by atoms with van der Waals surface area (Å²) >= 11 is 3.88. The number of hydrogen-bond donors (Lipinski definition) is 0. The molecule has 6 aromatic heterocycles. The summed E-state index contributed by atoms with van der Waals surface area (Å²) in [6, 6.07) is 61.0. The van der Waals surface area contributed by atoms with Gasteiger partial charge >= 0.3 is 0 Å². The van der Waals surface area contributed by atoms with E-state index in [9.17, 15) is 0 Å². The Bertz CT molecular complexity index is 4260. The van der Waals surface area contributed by atoms with Crippen molar-refractivity contribution in [2.75, 3.05) is 0 Å². The average molecular weight is 881 g/mol. The van der Waals surface area contributed by atoms with Crippen LogP contribution < -0.4 is 0 Å². The van der Waals surface area contributed by atoms with E-state index in [1.54, 1.807) is 0 Å². The molecule has 0 fully saturated rings. The van der Waals surface area contributed by atoms with Gasteiger partial charge in [-0.05, 0) is 92.7 Å². The van der Waals surface area contributed by atoms with Crippen LogP contribution in [0, 0.1) is 0 Å². The molecule has 15 rings (SSSR count). The monoisotopic (exact) mass is 880 g/mol. The Morgan fingerprint density at radius 2 is 0.697 bits per heavy atom. The van der Waals surface area contributed by atoms with Crippen molar-refractivity contribution >= 4 is 139 Å². The summed E-state index contributed by atoms with van der Waals surface area (Å²) in [6.07, 6.45) is 0. The second-order valence-corrected chi connectivity index (χ2v) is 23.0. The van der Waals surface area contributed by atoms with Crippen molar-refractivity contribution in [2.45, 2.75) is 52.4 Å². The van der Waals surface area contributed by atoms with Gasteiger partial charge in [0.2, 0.25) is 0 Å². The molecule has 66 heavy (non-hydrogen) atoms. The van der Waals surface area contributed by atoms with Crippen molar-refractivity contribution in [2.24, 2.45) is 0 Å². The first-order chi connectivity index (χ1) is 32.0. The van der Waals surface area contributed by atoms with Crippen molar-refractivity contribution in [1.29, 1.82) is 0 Å². The van der Waals surface area contributed by atoms with Gasteiger partial charge in [-0.3, -0.25) is 0 Å². The van der Waals surface area contributed by atoms with Crippen LogP contribution in [-0.2, 0) is 10.8 Å². The lowest BCUT2D eigenvalue weighted by Gasteiger charge is -2.19. The summed E-state index contributed by atoms with van der Waals surface area (Å²) in [6.45, 7) is 13.7. The Morgan fingerprint density at radius 3 is 1.11 bits per heavy atom. The van der Waals surface area contributed by atoms with Crippen LogP contribution >= 0.6 is 22.7 Å². The van der Waals surface area contributed by atoms with Crippen LogP contribution in [0.4, 0.5) is 0 Å². The van der Waals surface area contributed by atoms with Gasteiger partial charge in [-0.2, -0.15) is 0 Å². The van der Waals surface area contributed by atoms with Crippen LogP contribution in [0.5, 0.6) is 0 Å². The molecular weight excluding hydrogens is 837 g/mol. The number of fused-ring (bicyclic) bond motifs is 20. The maximum atomic E-state index is 2.62. The fourth-order valence-corrected chi connectivity index (χ4v) is 14.2. The summed E-state index contributed by atoms with van der Waals surface area (Å²) < 4.78 is 10.7. The number of aromatic nitrogens is 2. The molecule has 6 heterocycles. The first-order valence-corrected chi connectivity index (χ1v) is 24.9. The van der Waals surface area contributed by atoms with Gasteiger partial charge in [-0.1, -0.05) is 151 Å². The third kappa shape index (κ3) is 4.80. The Labute approximate surface area is 389 Å². The normalized spacial score (nSPS) is 13.3. The largest absolute Gasteiger partial charge is 0.308 e. The van der Waals surface area contributed by atoms with Gasteiger partial charge < -0.3 is 8.80 Å². The summed E-state index contributed by atoms with van der Waals surface area (Å²) in [4.78, 5) is 0. The third-order valence-electron chi connectivity index (χ3n) is 15.1. The first-order valence-electron chi connectivity index (χ1n) is 23.2. The first kappa shape index (κ1) is 37.3. The Balaban J connectivity index is 1.09. The molecule has 4 heteroatoms. The van der Waals surface area contributed by atoms with Gasteiger partial charge in [0.1, 0.15) is 0 Å². The van der Waals surface area contributed by atoms with Gasteiger partial charge in [0, 0.05) is 83.4 Å². The molecule has 0 unspecified atom stereocenters. The van der Waals surface area contributed by atoms with Crippen LogP contribution in [0.15, 0.2) is 158 Å². The van der Waals surface area contributed by atoms with Gasteiger partial charge in [-0.25, -0.2) is 0 Å². The van der Waals surface area contributed by atoms with E-state index in [1.807, 2.05) is 22.7 Å². The number of rotatable bonds is 2. The second-order valence-electron chi connectivity index (χ2n) is 20.9. The molecule has 0 spiro atoms. The summed E-state index contributed by atoms with van der Waals surface area (Å²) in [5.74, 6) is 0. The predicted octanol–water partition coefficient (Wildman–Crippen LogP) is 18.7. The van der Waals surface area contributed by atoms with Gasteiger partial charge in [0.05, 0.1) is 33.1 Å². The molecule has 0 aliphatic carbocycles. The van der Waals surface area contributed by atoms with E-state index in [4.69, 9.17) is 0 Å². The molecule has 2 nitrogen and oxygen atoms in total. The summed E-state index contributed by atoms with van der Waals surface area (Å²) in [5.41, 5.74) is 15.6. The lowest BCUT2D eigenvalue weighted by atomic mass is 9.86. The Hall–Kier alpha value is -6.98. The van der Waals surface area contributed by atoms with Gasteiger partial charge in [0.15, 0.2) is 0 Å². The van der Waals surface area contributed by atoms with Gasteiger partial charge in [-0.15, -0.1) is 22.7 Å². The van der Waals surface area contributed by atoms with Gasteiger partial charge in [0.25, 0.3) is 0 Å². The zero-order chi connectivity index (χ0) is 44.1. The maximum Gasteiger partial charge on any atom is 0.0635 e. The molecule has 0 saturated heterocycles. The standard InChI is InChI=1S/C62H44N2S2/c1-61(2,3)37-21-15-33(16-22-37)35-19-25-41-49(27-35)63-51-31-44-46-30-48-40-12-8-10-14-54(40)66-60(48)56-42-26-20-36(34-17-23-38(24-18-34)62(4,5)6)28-50(42)64(58(46)56)52(44)32-43(51)45-29-47-39-11-7-9-13-53(39)65-59(47)55(41)57(45)63/h7-32H,1-6H3. The molecule has 0 N–H and O–H groups in total. The Kier molecular flexibility index (Phi) is 7.04. The molecule has 0 amide bonds. The average Bonchev–Trinajstić information content (AvgIpc) is 4.16. The molecule has 9 aromatic carbocycles. The van der Waals surface area contributed by atoms with E-state index in [1.165, 1.54) is 150 Å². The van der Waals surface area contributed by atoms with E-state index in [0.29, 0.717) is 0 Å². The smallest absolute Gasteiger partial charge is 0.0635 e. The fraction of sp³-hybridized carbons (Fsp3) is 0.129. The van der Waals surface area contributed by atoms with Crippen molar-refractivity contribution < 1.29 is 0 Å². The highest BCUT2D eigenvalue weighted by atomic mass is 32.1. The number of nitrogens with zero attached hydrogens (tertiary/aromatic N) is 2. The molecule has 15 aromatic rings. The summed E-state index contributed by atoms with van der Waals surface area (Å²) in [7, 11) is 0. The molecule has 0 saturated carbocycles. The Morgan fingerprint density at radius 1 is 0.318 bits per heavy atom. The number of thiophene rings is 2. The fourth-order valence-electron chi connectivity index (χ4n) is 11.7. The van der Waals surface area contributed by atoms with Crippen LogP contribution in [0.1, 0.15) is 52.7 Å². The zero-order valence-electron chi connectivity index (χ0n) is 37.7. The quantitative estimate of drug-likeness (QED) is 0.164. The van der Waals surface area contributed by atoms with E-state index in [0.717, 1.165) is 0 Å². The lowest BCUT2D eigenvalue weighted by molar-refractivity contribution is 0.590. The van der Waals surface area contributed by atoms with Crippen molar-refractivity contribution in [1.82, 2.24) is 8.80 Å². The molecule has 0 atom stereocenters. The molecule has 314 valence electrons. The van der Waals surface area contributed by atoms with E-state index in [2.05, 4.69) is 208 Å². The van der Waals surface area contributed by atoms with E-state index >= 15 is 0 Å². The van der Waals surface area contributed by atoms with Crippen molar-refractivity contribution in [3.8, 4) is 22.3 Å². The minimum atomic E-state index is 0.101. The SMILES string of the molecule is CC(C)(C)c1ccc(-c2ccc3c4c5sc6ccccc6c5cc5c6cc7c(cc6n(c3c2)c54)c2cc3c4ccccc4sc3c3c4ccc(-c5ccc(C(C)(C)C)cc5)cc4n7c23)cc1. The highest BCUT2D eigenvalue weighted by Crippen LogP contribution is 2.52. The molecule has 0 aliphatic rings. The van der Waals surface area contributed by atoms with E-state index in [-0.39, 0.29) is 10.8 Å². The lowest BCUT2D eigenvalue weighted by Crippen LogP contribution is -2.10. The third-order valence-corrected chi connectivity index (χ3v) is 17.5. The van der Waals surface area contributed by atoms with Crippen molar-refractivity contribution in [3.05, 3.63) is 169 Å². The van der Waals surface area contributed by atoms with Crippen molar-refractivity contribution in [3.63, 3.8) is 0 Å². The van der Waals surface area contributed by atoms with E-state index < -0.39 is 0 Å². The minimum absolute atomic E-state index is 0.101. The molecular formula is C62H44N2S2. The second kappa shape index (κ2) is 12.5. The summed E-state index contributed by atoms with van der Waals surface area (Å²) in [5, 5.41) is 16.0. The molecule has 0 bridgehead atoms. The molecule has 0 aliphatic heterocycles. The highest BCUT2D eigenvalue weighted by molar-refractivity contribution is 7.27. The minimum Gasteiger partial charge on any atom is -0.308 e. The topological polar surface area (TPSA) is 8.82 Å². The van der Waals surface area contributed by atoms with Crippen LogP contribution in [0.25, 0.3) is 139 Å². The molecule has 0 radical (unpaired) electrons. The number of hydrogen-bond acceptors (Lipinski definition) is 2.